The van der Waals surface area contributed by atoms with Crippen LogP contribution in [0.1, 0.15) is 34.3 Å². The number of imide groups is 1. The first-order chi connectivity index (χ1) is 13.9. The van der Waals surface area contributed by atoms with Gasteiger partial charge in [-0.15, -0.1) is 0 Å². The van der Waals surface area contributed by atoms with Gasteiger partial charge >= 0.3 is 6.03 Å². The normalized spacial score (nSPS) is 21.6. The molecule has 2 saturated heterocycles. The van der Waals surface area contributed by atoms with Crippen LogP contribution in [0.5, 0.6) is 0 Å². The Balaban J connectivity index is 1.53. The topological polar surface area (TPSA) is 69.7 Å². The molecule has 1 N–H and O–H groups in total. The number of nitrogens with zero attached hydrogens (tertiary/aromatic N) is 2. The first kappa shape index (κ1) is 19.5. The lowest BCUT2D eigenvalue weighted by atomic mass is 9.88. The molecule has 0 saturated carbocycles. The Kier molecular flexibility index (Phi) is 5.04. The van der Waals surface area contributed by atoms with Crippen molar-refractivity contribution < 1.29 is 14.4 Å². The molecule has 0 radical (unpaired) electrons. The molecule has 4 rings (SSSR count). The number of carbonyl (C=O) groups is 3. The number of hydrogen-bond donors (Lipinski definition) is 1. The Morgan fingerprint density at radius 3 is 2.66 bits per heavy atom. The number of benzene rings is 2. The first-order valence-electron chi connectivity index (χ1n) is 9.62. The molecule has 6 nitrogen and oxygen atoms in total. The van der Waals surface area contributed by atoms with E-state index in [0.29, 0.717) is 30.0 Å². The average molecular weight is 412 g/mol. The molecule has 2 fully saturated rings. The molecule has 1 unspecified atom stereocenters. The lowest BCUT2D eigenvalue weighted by molar-refractivity contribution is -0.133. The number of piperidine rings is 1. The number of carbonyl (C=O) groups excluding carboxylic acids is 3. The van der Waals surface area contributed by atoms with Crippen molar-refractivity contribution in [3.8, 4) is 0 Å². The van der Waals surface area contributed by atoms with Gasteiger partial charge in [0.1, 0.15) is 5.54 Å². The fourth-order valence-electron chi connectivity index (χ4n) is 4.02. The summed E-state index contributed by atoms with van der Waals surface area (Å²) in [5.41, 5.74) is 1.38. The van der Waals surface area contributed by atoms with Crippen LogP contribution in [-0.2, 0) is 11.3 Å². The summed E-state index contributed by atoms with van der Waals surface area (Å²) in [5, 5.41) is 3.41. The number of hydrogen-bond acceptors (Lipinski definition) is 3. The second-order valence-electron chi connectivity index (χ2n) is 7.73. The molecule has 1 spiro atoms. The van der Waals surface area contributed by atoms with Crippen LogP contribution in [0, 0.1) is 6.92 Å². The molecule has 150 valence electrons. The van der Waals surface area contributed by atoms with Gasteiger partial charge in [-0.3, -0.25) is 14.5 Å². The van der Waals surface area contributed by atoms with Crippen molar-refractivity contribution in [2.24, 2.45) is 0 Å². The van der Waals surface area contributed by atoms with Crippen LogP contribution in [0.15, 0.2) is 48.5 Å². The average Bonchev–Trinajstić information content (AvgIpc) is 2.92. The molecular weight excluding hydrogens is 390 g/mol. The van der Waals surface area contributed by atoms with Gasteiger partial charge in [0.15, 0.2) is 0 Å². The van der Waals surface area contributed by atoms with Crippen molar-refractivity contribution in [2.45, 2.75) is 31.8 Å². The lowest BCUT2D eigenvalue weighted by Crippen LogP contribution is -2.59. The zero-order valence-electron chi connectivity index (χ0n) is 16.2. The van der Waals surface area contributed by atoms with Gasteiger partial charge in [0.25, 0.3) is 11.8 Å². The van der Waals surface area contributed by atoms with Gasteiger partial charge in [-0.05, 0) is 49.6 Å². The quantitative estimate of drug-likeness (QED) is 0.787. The minimum absolute atomic E-state index is 0.126. The van der Waals surface area contributed by atoms with E-state index >= 15 is 0 Å². The number of urea groups is 1. The minimum atomic E-state index is -1.06. The number of amides is 4. The molecule has 2 aromatic carbocycles. The maximum Gasteiger partial charge on any atom is 0.325 e. The Morgan fingerprint density at radius 1 is 1.17 bits per heavy atom. The Hall–Kier alpha value is -2.86. The summed E-state index contributed by atoms with van der Waals surface area (Å²) < 4.78 is 0. The molecule has 4 amide bonds. The summed E-state index contributed by atoms with van der Waals surface area (Å²) in [6, 6.07) is 14.0. The van der Waals surface area contributed by atoms with Crippen LogP contribution in [0.4, 0.5) is 4.79 Å². The van der Waals surface area contributed by atoms with Gasteiger partial charge in [0.05, 0.1) is 13.1 Å². The van der Waals surface area contributed by atoms with Gasteiger partial charge < -0.3 is 10.2 Å². The van der Waals surface area contributed by atoms with E-state index < -0.39 is 11.6 Å². The fraction of sp³-hybridized carbons (Fsp3) is 0.318. The van der Waals surface area contributed by atoms with Crippen molar-refractivity contribution in [3.05, 3.63) is 70.2 Å². The molecule has 29 heavy (non-hydrogen) atoms. The lowest BCUT2D eigenvalue weighted by Gasteiger charge is -2.38. The number of aryl methyl sites for hydroxylation is 1. The molecule has 0 aromatic heterocycles. The van der Waals surface area contributed by atoms with Crippen LogP contribution in [0.2, 0.25) is 5.02 Å². The maximum atomic E-state index is 13.2. The monoisotopic (exact) mass is 411 g/mol. The second-order valence-corrected chi connectivity index (χ2v) is 8.17. The predicted octanol–water partition coefficient (Wildman–Crippen LogP) is 3.38. The van der Waals surface area contributed by atoms with Crippen LogP contribution in [-0.4, -0.2) is 46.3 Å². The van der Waals surface area contributed by atoms with Gasteiger partial charge in [-0.1, -0.05) is 41.4 Å². The van der Waals surface area contributed by atoms with Crippen molar-refractivity contribution in [1.29, 1.82) is 0 Å². The highest BCUT2D eigenvalue weighted by atomic mass is 35.5. The van der Waals surface area contributed by atoms with Crippen molar-refractivity contribution in [2.75, 3.05) is 13.1 Å². The Morgan fingerprint density at radius 2 is 1.93 bits per heavy atom. The number of nitrogens with one attached hydrogen (secondary N) is 1. The summed E-state index contributed by atoms with van der Waals surface area (Å²) in [7, 11) is 0. The molecule has 2 aliphatic rings. The van der Waals surface area contributed by atoms with E-state index in [4.69, 9.17) is 11.6 Å². The van der Waals surface area contributed by atoms with Gasteiger partial charge in [0, 0.05) is 17.1 Å². The summed E-state index contributed by atoms with van der Waals surface area (Å²) in [6.45, 7) is 2.85. The molecule has 7 heteroatoms. The Labute approximate surface area is 174 Å². The highest BCUT2D eigenvalue weighted by Crippen LogP contribution is 2.30. The van der Waals surface area contributed by atoms with Crippen LogP contribution < -0.4 is 5.32 Å². The molecule has 0 aliphatic carbocycles. The first-order valence-corrected chi connectivity index (χ1v) is 10.0. The highest BCUT2D eigenvalue weighted by molar-refractivity contribution is 6.30. The zero-order valence-corrected chi connectivity index (χ0v) is 16.9. The van der Waals surface area contributed by atoms with Crippen LogP contribution >= 0.6 is 11.6 Å². The minimum Gasteiger partial charge on any atom is -0.336 e. The SMILES string of the molecule is Cc1ccc(C(=O)N2CCCC3(C2)NC(=O)N(Cc2cccc(Cl)c2)C3=O)cc1. The van der Waals surface area contributed by atoms with Gasteiger partial charge in [-0.2, -0.15) is 0 Å². The third-order valence-corrected chi connectivity index (χ3v) is 5.79. The second kappa shape index (κ2) is 7.52. The molecule has 2 aliphatic heterocycles. The third-order valence-electron chi connectivity index (χ3n) is 5.55. The van der Waals surface area contributed by atoms with E-state index in [-0.39, 0.29) is 24.9 Å². The third kappa shape index (κ3) is 3.72. The number of likely N-dealkylation sites (tertiary alicyclic amines) is 1. The van der Waals surface area contributed by atoms with E-state index in [9.17, 15) is 14.4 Å². The van der Waals surface area contributed by atoms with E-state index in [0.717, 1.165) is 11.1 Å². The van der Waals surface area contributed by atoms with Gasteiger partial charge in [-0.25, -0.2) is 4.79 Å². The summed E-state index contributed by atoms with van der Waals surface area (Å²) in [5.74, 6) is -0.414. The van der Waals surface area contributed by atoms with E-state index in [2.05, 4.69) is 5.32 Å². The molecule has 2 aromatic rings. The van der Waals surface area contributed by atoms with Crippen LogP contribution in [0.25, 0.3) is 0 Å². The van der Waals surface area contributed by atoms with E-state index in [1.54, 1.807) is 35.2 Å². The molecular formula is C22H22ClN3O3. The summed E-state index contributed by atoms with van der Waals surface area (Å²) in [4.78, 5) is 41.6. The number of halogens is 1. The smallest absolute Gasteiger partial charge is 0.325 e. The summed E-state index contributed by atoms with van der Waals surface area (Å²) >= 11 is 6.02. The van der Waals surface area contributed by atoms with Crippen LogP contribution in [0.3, 0.4) is 0 Å². The van der Waals surface area contributed by atoms with E-state index in [1.807, 2.05) is 25.1 Å². The Bertz CT molecular complexity index is 976. The van der Waals surface area contributed by atoms with E-state index in [1.165, 1.54) is 4.90 Å². The largest absolute Gasteiger partial charge is 0.336 e. The summed E-state index contributed by atoms with van der Waals surface area (Å²) in [6.07, 6.45) is 1.16. The van der Waals surface area contributed by atoms with Crippen molar-refractivity contribution in [1.82, 2.24) is 15.1 Å². The van der Waals surface area contributed by atoms with Gasteiger partial charge in [0.2, 0.25) is 0 Å². The highest BCUT2D eigenvalue weighted by Gasteiger charge is 2.53. The van der Waals surface area contributed by atoms with Crippen molar-refractivity contribution >= 4 is 29.4 Å². The number of rotatable bonds is 3. The predicted molar refractivity (Wildman–Crippen MR) is 110 cm³/mol. The maximum absolute atomic E-state index is 13.2. The molecule has 2 heterocycles. The molecule has 0 bridgehead atoms. The fourth-order valence-corrected chi connectivity index (χ4v) is 4.23. The standard InChI is InChI=1S/C22H22ClN3O3/c1-15-6-8-17(9-7-15)19(27)25-11-3-10-22(14-25)20(28)26(21(29)24-22)13-16-4-2-5-18(23)12-16/h2,4-9,12H,3,10-11,13-14H2,1H3,(H,24,29). The van der Waals surface area contributed by atoms with Crippen molar-refractivity contribution in [3.63, 3.8) is 0 Å². The zero-order chi connectivity index (χ0) is 20.6. The molecule has 1 atom stereocenters.